The monoisotopic (exact) mass is 369 g/mol. The molecule has 2 heterocycles. The number of carbonyl (C=O) groups is 1. The van der Waals surface area contributed by atoms with Crippen LogP contribution in [0.3, 0.4) is 0 Å². The smallest absolute Gasteiger partial charge is 0.287 e. The van der Waals surface area contributed by atoms with Crippen LogP contribution in [0.2, 0.25) is 10.0 Å². The minimum Gasteiger partial charge on any atom is -0.454 e. The lowest BCUT2D eigenvalue weighted by Gasteiger charge is -2.14. The number of aromatic nitrogens is 2. The Kier molecular flexibility index (Phi) is 4.64. The van der Waals surface area contributed by atoms with Gasteiger partial charge in [-0.15, -0.1) is 0 Å². The summed E-state index contributed by atoms with van der Waals surface area (Å²) in [6.07, 6.45) is 1.23. The second-order valence-corrected chi connectivity index (χ2v) is 5.92. The number of nitrogens with zero attached hydrogens (tertiary/aromatic N) is 2. The largest absolute Gasteiger partial charge is 0.454 e. The maximum Gasteiger partial charge on any atom is 0.287 e. The standard InChI is InChI=1S/C15H13Cl2N3O4/c1-8(20-15(22)13(17)10(16)6-19-20)14(21)18-5-9-2-3-11-12(4-9)24-7-23-11/h2-4,6,8H,5,7H2,1H3,(H,18,21). The first-order valence-electron chi connectivity index (χ1n) is 7.06. The van der Waals surface area contributed by atoms with Crippen LogP contribution >= 0.6 is 23.2 Å². The molecule has 1 atom stereocenters. The SMILES string of the molecule is CC(C(=O)NCc1ccc2c(c1)OCO2)n1ncc(Cl)c(Cl)c1=O. The highest BCUT2D eigenvalue weighted by Crippen LogP contribution is 2.32. The van der Waals surface area contributed by atoms with E-state index in [2.05, 4.69) is 10.4 Å². The molecule has 1 aliphatic rings. The molecule has 0 aliphatic carbocycles. The molecular formula is C15H13Cl2N3O4. The lowest BCUT2D eigenvalue weighted by Crippen LogP contribution is -2.37. The summed E-state index contributed by atoms with van der Waals surface area (Å²) in [4.78, 5) is 24.3. The van der Waals surface area contributed by atoms with Crippen molar-refractivity contribution in [1.82, 2.24) is 15.1 Å². The predicted molar refractivity (Wildman–Crippen MR) is 87.6 cm³/mol. The number of hydrogen-bond donors (Lipinski definition) is 1. The van der Waals surface area contributed by atoms with E-state index in [0.29, 0.717) is 11.5 Å². The molecular weight excluding hydrogens is 357 g/mol. The first kappa shape index (κ1) is 16.6. The predicted octanol–water partition coefficient (Wildman–Crippen LogP) is 2.16. The topological polar surface area (TPSA) is 82.4 Å². The van der Waals surface area contributed by atoms with Crippen molar-refractivity contribution in [2.45, 2.75) is 19.5 Å². The van der Waals surface area contributed by atoms with Crippen molar-refractivity contribution >= 4 is 29.1 Å². The summed E-state index contributed by atoms with van der Waals surface area (Å²) in [5.41, 5.74) is 0.226. The summed E-state index contributed by atoms with van der Waals surface area (Å²) < 4.78 is 11.5. The molecule has 1 aromatic heterocycles. The number of nitrogens with one attached hydrogen (secondary N) is 1. The zero-order chi connectivity index (χ0) is 17.3. The molecule has 0 radical (unpaired) electrons. The van der Waals surface area contributed by atoms with Gasteiger partial charge >= 0.3 is 0 Å². The summed E-state index contributed by atoms with van der Waals surface area (Å²) in [6, 6.07) is 4.55. The normalized spacial score (nSPS) is 13.6. The number of fused-ring (bicyclic) bond motifs is 1. The van der Waals surface area contributed by atoms with Gasteiger partial charge in [-0.05, 0) is 24.6 Å². The van der Waals surface area contributed by atoms with E-state index >= 15 is 0 Å². The number of amides is 1. The number of hydrogen-bond acceptors (Lipinski definition) is 5. The highest BCUT2D eigenvalue weighted by Gasteiger charge is 2.20. The Morgan fingerprint density at radius 1 is 1.38 bits per heavy atom. The lowest BCUT2D eigenvalue weighted by atomic mass is 10.2. The van der Waals surface area contributed by atoms with Gasteiger partial charge in [-0.3, -0.25) is 9.59 Å². The molecule has 9 heteroatoms. The van der Waals surface area contributed by atoms with Crippen LogP contribution in [-0.2, 0) is 11.3 Å². The number of benzene rings is 1. The first-order chi connectivity index (χ1) is 11.5. The molecule has 24 heavy (non-hydrogen) atoms. The lowest BCUT2D eigenvalue weighted by molar-refractivity contribution is -0.124. The van der Waals surface area contributed by atoms with Gasteiger partial charge in [0.25, 0.3) is 5.56 Å². The fourth-order valence-electron chi connectivity index (χ4n) is 2.20. The second-order valence-electron chi connectivity index (χ2n) is 5.14. The second kappa shape index (κ2) is 6.70. The van der Waals surface area contributed by atoms with E-state index in [4.69, 9.17) is 32.7 Å². The van der Waals surface area contributed by atoms with Gasteiger partial charge in [0.2, 0.25) is 12.7 Å². The molecule has 3 rings (SSSR count). The molecule has 0 fully saturated rings. The fourth-order valence-corrected chi connectivity index (χ4v) is 2.46. The fraction of sp³-hybridized carbons (Fsp3) is 0.267. The van der Waals surface area contributed by atoms with Gasteiger partial charge in [0.15, 0.2) is 11.5 Å². The molecule has 1 aliphatic heterocycles. The van der Waals surface area contributed by atoms with Crippen molar-refractivity contribution < 1.29 is 14.3 Å². The molecule has 2 aromatic rings. The maximum atomic E-state index is 12.3. The van der Waals surface area contributed by atoms with E-state index in [1.54, 1.807) is 19.1 Å². The Morgan fingerprint density at radius 3 is 2.92 bits per heavy atom. The Morgan fingerprint density at radius 2 is 2.12 bits per heavy atom. The van der Waals surface area contributed by atoms with Gasteiger partial charge < -0.3 is 14.8 Å². The first-order valence-corrected chi connectivity index (χ1v) is 7.82. The molecule has 0 saturated carbocycles. The maximum absolute atomic E-state index is 12.3. The van der Waals surface area contributed by atoms with Crippen molar-refractivity contribution in [3.8, 4) is 11.5 Å². The summed E-state index contributed by atoms with van der Waals surface area (Å²) in [7, 11) is 0. The minimum atomic E-state index is -0.832. The summed E-state index contributed by atoms with van der Waals surface area (Å²) in [5, 5.41) is 6.47. The molecule has 1 amide bonds. The Hall–Kier alpha value is -2.25. The van der Waals surface area contributed by atoms with Gasteiger partial charge in [0.05, 0.1) is 11.2 Å². The number of rotatable bonds is 4. The van der Waals surface area contributed by atoms with Crippen LogP contribution in [0.1, 0.15) is 18.5 Å². The van der Waals surface area contributed by atoms with Crippen molar-refractivity contribution in [1.29, 1.82) is 0 Å². The van der Waals surface area contributed by atoms with E-state index in [1.807, 2.05) is 6.07 Å². The molecule has 1 N–H and O–H groups in total. The van der Waals surface area contributed by atoms with Crippen LogP contribution in [0.25, 0.3) is 0 Å². The zero-order valence-corrected chi connectivity index (χ0v) is 14.1. The van der Waals surface area contributed by atoms with Crippen LogP contribution in [0.4, 0.5) is 0 Å². The van der Waals surface area contributed by atoms with Crippen molar-refractivity contribution in [2.75, 3.05) is 6.79 Å². The van der Waals surface area contributed by atoms with Crippen molar-refractivity contribution in [2.24, 2.45) is 0 Å². The van der Waals surface area contributed by atoms with Crippen molar-refractivity contribution in [3.63, 3.8) is 0 Å². The molecule has 0 spiro atoms. The Balaban J connectivity index is 1.69. The van der Waals surface area contributed by atoms with E-state index in [9.17, 15) is 9.59 Å². The van der Waals surface area contributed by atoms with Crippen molar-refractivity contribution in [3.05, 3.63) is 50.4 Å². The minimum absolute atomic E-state index is 0.0471. The Bertz CT molecular complexity index is 853. The summed E-state index contributed by atoms with van der Waals surface area (Å²) >= 11 is 11.5. The van der Waals surface area contributed by atoms with E-state index in [-0.39, 0.29) is 29.3 Å². The molecule has 7 nitrogen and oxygen atoms in total. The Labute approximate surface area is 147 Å². The summed E-state index contributed by atoms with van der Waals surface area (Å²) in [6.45, 7) is 2.01. The molecule has 126 valence electrons. The number of ether oxygens (including phenoxy) is 2. The van der Waals surface area contributed by atoms with Crippen LogP contribution < -0.4 is 20.3 Å². The number of carbonyl (C=O) groups excluding carboxylic acids is 1. The van der Waals surface area contributed by atoms with E-state index < -0.39 is 11.6 Å². The van der Waals surface area contributed by atoms with Crippen LogP contribution in [-0.4, -0.2) is 22.5 Å². The van der Waals surface area contributed by atoms with Gasteiger partial charge in [-0.2, -0.15) is 5.10 Å². The molecule has 0 bridgehead atoms. The van der Waals surface area contributed by atoms with Gasteiger partial charge in [-0.1, -0.05) is 29.3 Å². The van der Waals surface area contributed by atoms with Crippen LogP contribution in [0, 0.1) is 0 Å². The highest BCUT2D eigenvalue weighted by molar-refractivity contribution is 6.41. The third-order valence-electron chi connectivity index (χ3n) is 3.55. The average molecular weight is 370 g/mol. The quantitative estimate of drug-likeness (QED) is 0.892. The molecule has 1 unspecified atom stereocenters. The summed E-state index contributed by atoms with van der Waals surface area (Å²) in [5.74, 6) is 0.933. The third kappa shape index (κ3) is 3.18. The highest BCUT2D eigenvalue weighted by atomic mass is 35.5. The van der Waals surface area contributed by atoms with E-state index in [1.165, 1.54) is 6.20 Å². The zero-order valence-electron chi connectivity index (χ0n) is 12.6. The number of halogens is 2. The third-order valence-corrected chi connectivity index (χ3v) is 4.30. The molecule has 0 saturated heterocycles. The van der Waals surface area contributed by atoms with Crippen LogP contribution in [0.15, 0.2) is 29.2 Å². The van der Waals surface area contributed by atoms with Gasteiger partial charge in [0.1, 0.15) is 11.1 Å². The van der Waals surface area contributed by atoms with Crippen LogP contribution in [0.5, 0.6) is 11.5 Å². The van der Waals surface area contributed by atoms with E-state index in [0.717, 1.165) is 10.2 Å². The molecule has 1 aromatic carbocycles. The van der Waals surface area contributed by atoms with Gasteiger partial charge in [-0.25, -0.2) is 4.68 Å². The van der Waals surface area contributed by atoms with Gasteiger partial charge in [0, 0.05) is 6.54 Å². The average Bonchev–Trinajstić information content (AvgIpc) is 3.05.